The van der Waals surface area contributed by atoms with Crippen LogP contribution in [-0.4, -0.2) is 49.2 Å². The predicted molar refractivity (Wildman–Crippen MR) is 87.4 cm³/mol. The number of hydrogen-bond acceptors (Lipinski definition) is 4. The standard InChI is InChI=1S/C17H34N2O2/c1-6-12-18-17(16(20)21-7-2)11-8-9-15(17)10-13-19(5)14(3)4/h14-15,18H,6-13H2,1-5H3. The number of carbonyl (C=O) groups excluding carboxylic acids is 1. The molecule has 0 saturated heterocycles. The summed E-state index contributed by atoms with van der Waals surface area (Å²) in [5.74, 6) is 0.359. The van der Waals surface area contributed by atoms with Crippen LogP contribution in [0.4, 0.5) is 0 Å². The fourth-order valence-electron chi connectivity index (χ4n) is 3.27. The second-order valence-corrected chi connectivity index (χ2v) is 6.57. The van der Waals surface area contributed by atoms with E-state index in [2.05, 4.69) is 38.0 Å². The van der Waals surface area contributed by atoms with E-state index in [-0.39, 0.29) is 5.97 Å². The normalized spacial score (nSPS) is 25.8. The molecule has 4 heteroatoms. The van der Waals surface area contributed by atoms with Gasteiger partial charge in [-0.3, -0.25) is 4.79 Å². The molecule has 124 valence electrons. The fourth-order valence-corrected chi connectivity index (χ4v) is 3.27. The van der Waals surface area contributed by atoms with E-state index in [0.717, 1.165) is 45.2 Å². The molecule has 1 N–H and O–H groups in total. The van der Waals surface area contributed by atoms with Crippen molar-refractivity contribution >= 4 is 5.97 Å². The minimum absolute atomic E-state index is 0.0341. The molecule has 2 unspecified atom stereocenters. The molecule has 0 aromatic rings. The molecular formula is C17H34N2O2. The van der Waals surface area contributed by atoms with Gasteiger partial charge in [0.05, 0.1) is 6.61 Å². The second-order valence-electron chi connectivity index (χ2n) is 6.57. The molecule has 4 nitrogen and oxygen atoms in total. The Bertz CT molecular complexity index is 320. The summed E-state index contributed by atoms with van der Waals surface area (Å²) < 4.78 is 5.40. The zero-order valence-electron chi connectivity index (χ0n) is 14.6. The first-order chi connectivity index (χ1) is 9.97. The van der Waals surface area contributed by atoms with Gasteiger partial charge >= 0.3 is 5.97 Å². The number of esters is 1. The number of hydrogen-bond donors (Lipinski definition) is 1. The van der Waals surface area contributed by atoms with Crippen molar-refractivity contribution in [2.24, 2.45) is 5.92 Å². The van der Waals surface area contributed by atoms with Crippen molar-refractivity contribution in [2.45, 2.75) is 71.4 Å². The highest BCUT2D eigenvalue weighted by Crippen LogP contribution is 2.39. The van der Waals surface area contributed by atoms with E-state index >= 15 is 0 Å². The SMILES string of the molecule is CCCNC1(C(=O)OCC)CCCC1CCN(C)C(C)C. The van der Waals surface area contributed by atoms with Gasteiger partial charge in [-0.15, -0.1) is 0 Å². The summed E-state index contributed by atoms with van der Waals surface area (Å²) in [6.45, 7) is 10.8. The molecule has 0 spiro atoms. The molecule has 1 fully saturated rings. The molecule has 0 aliphatic heterocycles. The van der Waals surface area contributed by atoms with Crippen LogP contribution in [0.25, 0.3) is 0 Å². The lowest BCUT2D eigenvalue weighted by molar-refractivity contribution is -0.153. The van der Waals surface area contributed by atoms with E-state index in [4.69, 9.17) is 4.74 Å². The van der Waals surface area contributed by atoms with Crippen molar-refractivity contribution in [3.63, 3.8) is 0 Å². The summed E-state index contributed by atoms with van der Waals surface area (Å²) in [7, 11) is 2.16. The number of nitrogens with zero attached hydrogens (tertiary/aromatic N) is 1. The van der Waals surface area contributed by atoms with Crippen LogP contribution in [0.3, 0.4) is 0 Å². The zero-order chi connectivity index (χ0) is 15.9. The molecule has 0 aromatic carbocycles. The largest absolute Gasteiger partial charge is 0.465 e. The summed E-state index contributed by atoms with van der Waals surface area (Å²) in [5.41, 5.74) is -0.441. The molecule has 1 rings (SSSR count). The first-order valence-electron chi connectivity index (χ1n) is 8.60. The molecule has 1 aliphatic carbocycles. The summed E-state index contributed by atoms with van der Waals surface area (Å²) in [6.07, 6.45) is 5.26. The van der Waals surface area contributed by atoms with Crippen molar-refractivity contribution in [3.05, 3.63) is 0 Å². The molecule has 21 heavy (non-hydrogen) atoms. The van der Waals surface area contributed by atoms with Crippen molar-refractivity contribution in [1.82, 2.24) is 10.2 Å². The van der Waals surface area contributed by atoms with E-state index in [1.807, 2.05) is 6.92 Å². The molecule has 0 aromatic heterocycles. The molecular weight excluding hydrogens is 264 g/mol. The van der Waals surface area contributed by atoms with Gasteiger partial charge < -0.3 is 15.0 Å². The Labute approximate surface area is 130 Å². The van der Waals surface area contributed by atoms with E-state index in [1.165, 1.54) is 0 Å². The highest BCUT2D eigenvalue weighted by molar-refractivity contribution is 5.81. The van der Waals surface area contributed by atoms with E-state index in [9.17, 15) is 4.79 Å². The summed E-state index contributed by atoms with van der Waals surface area (Å²) in [4.78, 5) is 14.9. The first-order valence-corrected chi connectivity index (χ1v) is 8.60. The number of ether oxygens (including phenoxy) is 1. The monoisotopic (exact) mass is 298 g/mol. The smallest absolute Gasteiger partial charge is 0.326 e. The zero-order valence-corrected chi connectivity index (χ0v) is 14.6. The highest BCUT2D eigenvalue weighted by Gasteiger charge is 2.49. The first kappa shape index (κ1) is 18.4. The number of nitrogens with one attached hydrogen (secondary N) is 1. The highest BCUT2D eigenvalue weighted by atomic mass is 16.5. The average Bonchev–Trinajstić information content (AvgIpc) is 2.86. The Hall–Kier alpha value is -0.610. The molecule has 1 aliphatic rings. The second kappa shape index (κ2) is 8.74. The van der Waals surface area contributed by atoms with Crippen molar-refractivity contribution in [1.29, 1.82) is 0 Å². The minimum Gasteiger partial charge on any atom is -0.465 e. The maximum atomic E-state index is 12.6. The minimum atomic E-state index is -0.441. The summed E-state index contributed by atoms with van der Waals surface area (Å²) in [5, 5.41) is 3.54. The van der Waals surface area contributed by atoms with Gasteiger partial charge in [0, 0.05) is 6.04 Å². The van der Waals surface area contributed by atoms with Crippen LogP contribution >= 0.6 is 0 Å². The van der Waals surface area contributed by atoms with E-state index < -0.39 is 5.54 Å². The quantitative estimate of drug-likeness (QED) is 0.665. The third kappa shape index (κ3) is 4.68. The molecule has 2 atom stereocenters. The molecule has 1 saturated carbocycles. The van der Waals surface area contributed by atoms with Crippen LogP contribution in [0.5, 0.6) is 0 Å². The maximum absolute atomic E-state index is 12.6. The van der Waals surface area contributed by atoms with Crippen molar-refractivity contribution < 1.29 is 9.53 Å². The molecule has 0 heterocycles. The Kier molecular flexibility index (Phi) is 7.67. The van der Waals surface area contributed by atoms with Gasteiger partial charge in [0.25, 0.3) is 0 Å². The Morgan fingerprint density at radius 1 is 1.43 bits per heavy atom. The van der Waals surface area contributed by atoms with Crippen LogP contribution in [0.1, 0.15) is 59.8 Å². The van der Waals surface area contributed by atoms with Gasteiger partial charge in [0.2, 0.25) is 0 Å². The average molecular weight is 298 g/mol. The number of carbonyl (C=O) groups is 1. The van der Waals surface area contributed by atoms with Gasteiger partial charge in [-0.25, -0.2) is 0 Å². The summed E-state index contributed by atoms with van der Waals surface area (Å²) >= 11 is 0. The molecule has 0 bridgehead atoms. The topological polar surface area (TPSA) is 41.6 Å². The van der Waals surface area contributed by atoms with Crippen molar-refractivity contribution in [3.8, 4) is 0 Å². The Balaban J connectivity index is 2.75. The van der Waals surface area contributed by atoms with Crippen LogP contribution in [0.2, 0.25) is 0 Å². The third-order valence-electron chi connectivity index (χ3n) is 4.86. The van der Waals surface area contributed by atoms with Gasteiger partial charge in [-0.2, -0.15) is 0 Å². The third-order valence-corrected chi connectivity index (χ3v) is 4.86. The maximum Gasteiger partial charge on any atom is 0.326 e. The summed E-state index contributed by atoms with van der Waals surface area (Å²) in [6, 6.07) is 0.548. The van der Waals surface area contributed by atoms with Crippen LogP contribution in [0.15, 0.2) is 0 Å². The van der Waals surface area contributed by atoms with Gasteiger partial charge in [-0.1, -0.05) is 13.3 Å². The Morgan fingerprint density at radius 3 is 2.71 bits per heavy atom. The lowest BCUT2D eigenvalue weighted by Gasteiger charge is -2.35. The van der Waals surface area contributed by atoms with Gasteiger partial charge in [0.1, 0.15) is 5.54 Å². The molecule has 0 amide bonds. The number of rotatable bonds is 9. The lowest BCUT2D eigenvalue weighted by Crippen LogP contribution is -2.56. The van der Waals surface area contributed by atoms with E-state index in [0.29, 0.717) is 18.6 Å². The van der Waals surface area contributed by atoms with Gasteiger partial charge in [0.15, 0.2) is 0 Å². The van der Waals surface area contributed by atoms with Gasteiger partial charge in [-0.05, 0) is 72.5 Å². The lowest BCUT2D eigenvalue weighted by atomic mass is 9.84. The van der Waals surface area contributed by atoms with Crippen LogP contribution in [-0.2, 0) is 9.53 Å². The van der Waals surface area contributed by atoms with E-state index in [1.54, 1.807) is 0 Å². The fraction of sp³-hybridized carbons (Fsp3) is 0.941. The van der Waals surface area contributed by atoms with Crippen LogP contribution in [0, 0.1) is 5.92 Å². The van der Waals surface area contributed by atoms with Crippen LogP contribution < -0.4 is 5.32 Å². The predicted octanol–water partition coefficient (Wildman–Crippen LogP) is 2.82. The van der Waals surface area contributed by atoms with Crippen molar-refractivity contribution in [2.75, 3.05) is 26.7 Å². The molecule has 0 radical (unpaired) electrons. The Morgan fingerprint density at radius 2 is 2.14 bits per heavy atom.